The van der Waals surface area contributed by atoms with Gasteiger partial charge in [-0.15, -0.1) is 11.8 Å². The monoisotopic (exact) mass is 322 g/mol. The summed E-state index contributed by atoms with van der Waals surface area (Å²) in [5.74, 6) is -0.822. The summed E-state index contributed by atoms with van der Waals surface area (Å²) in [6.07, 6.45) is 2.83. The molecular formula is C12H22N2O4S2. The highest BCUT2D eigenvalue weighted by atomic mass is 32.2. The third-order valence-corrected chi connectivity index (χ3v) is 5.77. The lowest BCUT2D eigenvalue weighted by Gasteiger charge is -2.20. The van der Waals surface area contributed by atoms with Gasteiger partial charge in [-0.25, -0.2) is 0 Å². The predicted octanol–water partition coefficient (Wildman–Crippen LogP) is 0.806. The van der Waals surface area contributed by atoms with Crippen LogP contribution in [-0.4, -0.2) is 56.4 Å². The average molecular weight is 322 g/mol. The SMILES string of the molecule is CCC[C@@H](C[C@@H]1N[C@H](C(=O)O)CS1)SC[C@H](N)C(=O)O. The highest BCUT2D eigenvalue weighted by molar-refractivity contribution is 8.01. The van der Waals surface area contributed by atoms with Crippen LogP contribution in [0.25, 0.3) is 0 Å². The molecule has 1 aliphatic heterocycles. The molecule has 0 aromatic rings. The second kappa shape index (κ2) is 8.76. The first kappa shape index (κ1) is 17.6. The van der Waals surface area contributed by atoms with Gasteiger partial charge in [-0.1, -0.05) is 13.3 Å². The molecule has 0 amide bonds. The van der Waals surface area contributed by atoms with E-state index < -0.39 is 24.0 Å². The lowest BCUT2D eigenvalue weighted by atomic mass is 10.2. The summed E-state index contributed by atoms with van der Waals surface area (Å²) in [4.78, 5) is 21.6. The fraction of sp³-hybridized carbons (Fsp3) is 0.833. The summed E-state index contributed by atoms with van der Waals surface area (Å²) in [5, 5.41) is 21.3. The van der Waals surface area contributed by atoms with Gasteiger partial charge in [0.25, 0.3) is 0 Å². The van der Waals surface area contributed by atoms with Crippen molar-refractivity contribution in [2.75, 3.05) is 11.5 Å². The first-order chi connectivity index (χ1) is 9.43. The van der Waals surface area contributed by atoms with Crippen molar-refractivity contribution >= 4 is 35.5 Å². The van der Waals surface area contributed by atoms with Crippen LogP contribution in [0.15, 0.2) is 0 Å². The van der Waals surface area contributed by atoms with Gasteiger partial charge in [-0.05, 0) is 12.8 Å². The van der Waals surface area contributed by atoms with Crippen molar-refractivity contribution in [3.8, 4) is 0 Å². The van der Waals surface area contributed by atoms with Crippen molar-refractivity contribution in [1.29, 1.82) is 0 Å². The third kappa shape index (κ3) is 5.90. The molecule has 0 unspecified atom stereocenters. The van der Waals surface area contributed by atoms with Crippen molar-refractivity contribution in [3.63, 3.8) is 0 Å². The van der Waals surface area contributed by atoms with E-state index in [1.807, 2.05) is 0 Å². The molecule has 0 aromatic carbocycles. The number of nitrogens with two attached hydrogens (primary N) is 1. The molecule has 116 valence electrons. The van der Waals surface area contributed by atoms with E-state index >= 15 is 0 Å². The zero-order chi connectivity index (χ0) is 15.1. The Balaban J connectivity index is 2.39. The van der Waals surface area contributed by atoms with Gasteiger partial charge in [0.15, 0.2) is 0 Å². The number of rotatable bonds is 9. The molecule has 5 N–H and O–H groups in total. The van der Waals surface area contributed by atoms with E-state index in [9.17, 15) is 9.59 Å². The number of hydrogen-bond donors (Lipinski definition) is 4. The van der Waals surface area contributed by atoms with Crippen molar-refractivity contribution < 1.29 is 19.8 Å². The third-order valence-electron chi connectivity index (χ3n) is 3.07. The predicted molar refractivity (Wildman–Crippen MR) is 82.2 cm³/mol. The fourth-order valence-corrected chi connectivity index (χ4v) is 4.72. The van der Waals surface area contributed by atoms with Crippen LogP contribution in [0, 0.1) is 0 Å². The van der Waals surface area contributed by atoms with Gasteiger partial charge in [0.05, 0.1) is 5.37 Å². The Bertz CT molecular complexity index is 343. The van der Waals surface area contributed by atoms with Crippen LogP contribution in [0.2, 0.25) is 0 Å². The molecule has 20 heavy (non-hydrogen) atoms. The summed E-state index contributed by atoms with van der Waals surface area (Å²) < 4.78 is 0. The Morgan fingerprint density at radius 2 is 2.20 bits per heavy atom. The van der Waals surface area contributed by atoms with E-state index in [4.69, 9.17) is 15.9 Å². The maximum absolute atomic E-state index is 10.9. The maximum atomic E-state index is 10.9. The minimum Gasteiger partial charge on any atom is -0.480 e. The van der Waals surface area contributed by atoms with Crippen LogP contribution in [0.5, 0.6) is 0 Å². The van der Waals surface area contributed by atoms with Crippen LogP contribution in [0.4, 0.5) is 0 Å². The second-order valence-electron chi connectivity index (χ2n) is 4.80. The molecule has 0 radical (unpaired) electrons. The number of thioether (sulfide) groups is 2. The molecular weight excluding hydrogens is 300 g/mol. The fourth-order valence-electron chi connectivity index (χ4n) is 1.95. The maximum Gasteiger partial charge on any atom is 0.321 e. The Morgan fingerprint density at radius 1 is 1.50 bits per heavy atom. The van der Waals surface area contributed by atoms with Crippen LogP contribution in [-0.2, 0) is 9.59 Å². The average Bonchev–Trinajstić information content (AvgIpc) is 2.84. The molecule has 0 bridgehead atoms. The Morgan fingerprint density at radius 3 is 2.70 bits per heavy atom. The summed E-state index contributed by atoms with van der Waals surface area (Å²) in [5.41, 5.74) is 5.51. The number of nitrogens with one attached hydrogen (secondary N) is 1. The lowest BCUT2D eigenvalue weighted by molar-refractivity contribution is -0.139. The van der Waals surface area contributed by atoms with Gasteiger partial charge in [0.1, 0.15) is 12.1 Å². The van der Waals surface area contributed by atoms with E-state index in [1.54, 1.807) is 23.5 Å². The first-order valence-corrected chi connectivity index (χ1v) is 8.74. The molecule has 0 spiro atoms. The molecule has 1 heterocycles. The molecule has 1 aliphatic rings. The van der Waals surface area contributed by atoms with E-state index in [1.165, 1.54) is 0 Å². The van der Waals surface area contributed by atoms with Gasteiger partial charge >= 0.3 is 11.9 Å². The summed E-state index contributed by atoms with van der Waals surface area (Å²) in [7, 11) is 0. The highest BCUT2D eigenvalue weighted by Crippen LogP contribution is 2.29. The zero-order valence-corrected chi connectivity index (χ0v) is 13.1. The molecule has 1 rings (SSSR count). The molecule has 0 aliphatic carbocycles. The van der Waals surface area contributed by atoms with Gasteiger partial charge in [0, 0.05) is 16.8 Å². The van der Waals surface area contributed by atoms with E-state index in [2.05, 4.69) is 12.2 Å². The van der Waals surface area contributed by atoms with Crippen molar-refractivity contribution in [2.45, 2.75) is 48.9 Å². The van der Waals surface area contributed by atoms with Crippen molar-refractivity contribution in [1.82, 2.24) is 5.32 Å². The Kier molecular flexibility index (Phi) is 7.71. The first-order valence-electron chi connectivity index (χ1n) is 6.64. The Hall–Kier alpha value is -0.440. The molecule has 1 fully saturated rings. The number of carbonyl (C=O) groups is 2. The van der Waals surface area contributed by atoms with E-state index in [0.29, 0.717) is 16.8 Å². The quantitative estimate of drug-likeness (QED) is 0.493. The van der Waals surface area contributed by atoms with Gasteiger partial charge in [0.2, 0.25) is 0 Å². The summed E-state index contributed by atoms with van der Waals surface area (Å²) in [6.45, 7) is 2.08. The zero-order valence-electron chi connectivity index (χ0n) is 11.4. The van der Waals surface area contributed by atoms with Crippen LogP contribution >= 0.6 is 23.5 Å². The molecule has 0 aromatic heterocycles. The van der Waals surface area contributed by atoms with Crippen LogP contribution in [0.3, 0.4) is 0 Å². The number of aliphatic carboxylic acids is 2. The van der Waals surface area contributed by atoms with Crippen molar-refractivity contribution in [3.05, 3.63) is 0 Å². The van der Waals surface area contributed by atoms with Crippen LogP contribution < -0.4 is 11.1 Å². The molecule has 1 saturated heterocycles. The Labute approximate surface area is 127 Å². The number of carboxylic acids is 2. The van der Waals surface area contributed by atoms with Crippen molar-refractivity contribution in [2.24, 2.45) is 5.73 Å². The van der Waals surface area contributed by atoms with E-state index in [0.717, 1.165) is 19.3 Å². The topological polar surface area (TPSA) is 113 Å². The molecule has 0 saturated carbocycles. The normalized spacial score (nSPS) is 25.3. The highest BCUT2D eigenvalue weighted by Gasteiger charge is 2.31. The van der Waals surface area contributed by atoms with E-state index in [-0.39, 0.29) is 5.37 Å². The van der Waals surface area contributed by atoms with Gasteiger partial charge in [-0.2, -0.15) is 11.8 Å². The van der Waals surface area contributed by atoms with Gasteiger partial charge < -0.3 is 15.9 Å². The summed E-state index contributed by atoms with van der Waals surface area (Å²) in [6, 6.07) is -1.31. The minimum absolute atomic E-state index is 0.126. The lowest BCUT2D eigenvalue weighted by Crippen LogP contribution is -2.38. The van der Waals surface area contributed by atoms with Gasteiger partial charge in [-0.3, -0.25) is 14.9 Å². The smallest absolute Gasteiger partial charge is 0.321 e. The largest absolute Gasteiger partial charge is 0.480 e. The molecule has 4 atom stereocenters. The minimum atomic E-state index is -0.980. The standard InChI is InChI=1S/C12H22N2O4S2/c1-2-3-7(19-5-8(13)11(15)16)4-10-14-9(6-20-10)12(17)18/h7-10,14H,2-6,13H2,1H3,(H,15,16)(H,17,18)/t7-,8-,9-,10+/m0/s1. The van der Waals surface area contributed by atoms with Crippen LogP contribution in [0.1, 0.15) is 26.2 Å². The summed E-state index contributed by atoms with van der Waals surface area (Å²) >= 11 is 3.19. The number of hydrogen-bond acceptors (Lipinski definition) is 6. The number of carboxylic acid groups (broad SMARTS) is 2. The second-order valence-corrected chi connectivity index (χ2v) is 7.37. The molecule has 6 nitrogen and oxygen atoms in total. The molecule has 8 heteroatoms.